The molecule has 0 saturated carbocycles. The van der Waals surface area contributed by atoms with E-state index in [1.807, 2.05) is 0 Å². The van der Waals surface area contributed by atoms with Crippen molar-refractivity contribution in [3.05, 3.63) is 23.5 Å². The number of amides is 1. The molecule has 1 unspecified atom stereocenters. The Balaban J connectivity index is 1.73. The molecule has 1 amide bonds. The first-order chi connectivity index (χ1) is 8.74. The first kappa shape index (κ1) is 13.3. The molecule has 1 fully saturated rings. The van der Waals surface area contributed by atoms with E-state index in [4.69, 9.17) is 16.3 Å². The zero-order valence-electron chi connectivity index (χ0n) is 10.2. The van der Waals surface area contributed by atoms with Gasteiger partial charge in [0.2, 0.25) is 5.91 Å². The van der Waals surface area contributed by atoms with E-state index in [1.54, 1.807) is 18.3 Å². The quantitative estimate of drug-likeness (QED) is 0.854. The summed E-state index contributed by atoms with van der Waals surface area (Å²) in [6.45, 7) is 0.827. The molecule has 0 bridgehead atoms. The van der Waals surface area contributed by atoms with Crippen LogP contribution in [0.25, 0.3) is 0 Å². The van der Waals surface area contributed by atoms with E-state index in [0.29, 0.717) is 17.3 Å². The number of anilines is 1. The summed E-state index contributed by atoms with van der Waals surface area (Å²) >= 11 is 5.67. The Morgan fingerprint density at radius 2 is 2.39 bits per heavy atom. The summed E-state index contributed by atoms with van der Waals surface area (Å²) in [5, 5.41) is 3.21. The fourth-order valence-corrected chi connectivity index (χ4v) is 2.11. The Morgan fingerprint density at radius 1 is 1.50 bits per heavy atom. The van der Waals surface area contributed by atoms with E-state index in [1.165, 1.54) is 6.42 Å². The van der Waals surface area contributed by atoms with Gasteiger partial charge in [-0.05, 0) is 37.8 Å². The van der Waals surface area contributed by atoms with Crippen LogP contribution in [0, 0.1) is 0 Å². The zero-order chi connectivity index (χ0) is 12.8. The third-order valence-corrected chi connectivity index (χ3v) is 3.20. The molecule has 5 heteroatoms. The van der Waals surface area contributed by atoms with Gasteiger partial charge in [-0.25, -0.2) is 4.98 Å². The number of carbonyl (C=O) groups excluding carboxylic acids is 1. The molecule has 1 atom stereocenters. The summed E-state index contributed by atoms with van der Waals surface area (Å²) < 4.78 is 5.58. The Labute approximate surface area is 112 Å². The number of pyridine rings is 1. The Kier molecular flexibility index (Phi) is 4.96. The molecule has 98 valence electrons. The second kappa shape index (κ2) is 6.71. The van der Waals surface area contributed by atoms with Crippen LogP contribution >= 0.6 is 11.6 Å². The minimum atomic E-state index is -0.00621. The van der Waals surface area contributed by atoms with Crippen LogP contribution in [0.15, 0.2) is 18.3 Å². The molecule has 0 spiro atoms. The van der Waals surface area contributed by atoms with Crippen molar-refractivity contribution < 1.29 is 9.53 Å². The van der Waals surface area contributed by atoms with Gasteiger partial charge in [0.1, 0.15) is 5.15 Å². The third-order valence-electron chi connectivity index (χ3n) is 2.98. The van der Waals surface area contributed by atoms with Gasteiger partial charge in [-0.15, -0.1) is 0 Å². The molecule has 1 aromatic heterocycles. The van der Waals surface area contributed by atoms with Gasteiger partial charge in [0.05, 0.1) is 18.0 Å². The number of hydrogen-bond donors (Lipinski definition) is 1. The van der Waals surface area contributed by atoms with E-state index in [9.17, 15) is 4.79 Å². The topological polar surface area (TPSA) is 51.2 Å². The average molecular weight is 269 g/mol. The van der Waals surface area contributed by atoms with Gasteiger partial charge in [-0.1, -0.05) is 11.6 Å². The summed E-state index contributed by atoms with van der Waals surface area (Å²) in [4.78, 5) is 15.6. The Morgan fingerprint density at radius 3 is 3.06 bits per heavy atom. The number of ether oxygens (including phenoxy) is 1. The fraction of sp³-hybridized carbons (Fsp3) is 0.538. The van der Waals surface area contributed by atoms with Crippen molar-refractivity contribution in [3.63, 3.8) is 0 Å². The second-order valence-corrected chi connectivity index (χ2v) is 4.83. The lowest BCUT2D eigenvalue weighted by molar-refractivity contribution is -0.117. The number of nitrogens with zero attached hydrogens (tertiary/aromatic N) is 1. The minimum absolute atomic E-state index is 0.00621. The van der Waals surface area contributed by atoms with Crippen LogP contribution in [0.2, 0.25) is 5.15 Å². The lowest BCUT2D eigenvalue weighted by Gasteiger charge is -2.22. The number of aromatic nitrogens is 1. The maximum absolute atomic E-state index is 11.7. The number of carbonyl (C=O) groups is 1. The minimum Gasteiger partial charge on any atom is -0.378 e. The average Bonchev–Trinajstić information content (AvgIpc) is 2.40. The second-order valence-electron chi connectivity index (χ2n) is 4.45. The highest BCUT2D eigenvalue weighted by atomic mass is 35.5. The van der Waals surface area contributed by atoms with Crippen LogP contribution in [-0.4, -0.2) is 23.6 Å². The SMILES string of the molecule is O=C(CCC1CCCCO1)Nc1ccc(Cl)nc1. The molecule has 1 saturated heterocycles. The molecule has 18 heavy (non-hydrogen) atoms. The van der Waals surface area contributed by atoms with Gasteiger partial charge in [-0.3, -0.25) is 4.79 Å². The van der Waals surface area contributed by atoms with Crippen molar-refractivity contribution in [3.8, 4) is 0 Å². The summed E-state index contributed by atoms with van der Waals surface area (Å²) in [7, 11) is 0. The summed E-state index contributed by atoms with van der Waals surface area (Å²) in [6, 6.07) is 3.39. The molecule has 1 N–H and O–H groups in total. The molecule has 0 radical (unpaired) electrons. The molecular weight excluding hydrogens is 252 g/mol. The van der Waals surface area contributed by atoms with Crippen LogP contribution in [0.3, 0.4) is 0 Å². The van der Waals surface area contributed by atoms with Gasteiger partial charge >= 0.3 is 0 Å². The molecule has 0 aromatic carbocycles. The highest BCUT2D eigenvalue weighted by molar-refractivity contribution is 6.29. The molecule has 4 nitrogen and oxygen atoms in total. The van der Waals surface area contributed by atoms with Crippen molar-refractivity contribution in [2.45, 2.75) is 38.2 Å². The van der Waals surface area contributed by atoms with Crippen LogP contribution < -0.4 is 5.32 Å². The van der Waals surface area contributed by atoms with E-state index >= 15 is 0 Å². The van der Waals surface area contributed by atoms with Crippen LogP contribution in [0.4, 0.5) is 5.69 Å². The normalized spacial score (nSPS) is 19.5. The van der Waals surface area contributed by atoms with Gasteiger partial charge < -0.3 is 10.1 Å². The predicted molar refractivity (Wildman–Crippen MR) is 70.7 cm³/mol. The fourth-order valence-electron chi connectivity index (χ4n) is 2.00. The lowest BCUT2D eigenvalue weighted by Crippen LogP contribution is -2.21. The number of nitrogens with one attached hydrogen (secondary N) is 1. The standard InChI is InChI=1S/C13H17ClN2O2/c14-12-6-4-10(9-15-12)16-13(17)7-5-11-3-1-2-8-18-11/h4,6,9,11H,1-3,5,7-8H2,(H,16,17). The number of hydrogen-bond acceptors (Lipinski definition) is 3. The molecular formula is C13H17ClN2O2. The summed E-state index contributed by atoms with van der Waals surface area (Å²) in [5.74, 6) is -0.00621. The van der Waals surface area contributed by atoms with Crippen LogP contribution in [0.1, 0.15) is 32.1 Å². The first-order valence-corrected chi connectivity index (χ1v) is 6.65. The molecule has 2 heterocycles. The summed E-state index contributed by atoms with van der Waals surface area (Å²) in [5.41, 5.74) is 0.675. The molecule has 1 aliphatic rings. The van der Waals surface area contributed by atoms with E-state index in [2.05, 4.69) is 10.3 Å². The predicted octanol–water partition coefficient (Wildman–Crippen LogP) is 3.02. The number of rotatable bonds is 4. The zero-order valence-corrected chi connectivity index (χ0v) is 10.9. The van der Waals surface area contributed by atoms with Gasteiger partial charge in [0.15, 0.2) is 0 Å². The molecule has 1 aromatic rings. The number of halogens is 1. The van der Waals surface area contributed by atoms with Crippen LogP contribution in [0.5, 0.6) is 0 Å². The van der Waals surface area contributed by atoms with Gasteiger partial charge in [-0.2, -0.15) is 0 Å². The maximum atomic E-state index is 11.7. The molecule has 2 rings (SSSR count). The lowest BCUT2D eigenvalue weighted by atomic mass is 10.0. The van der Waals surface area contributed by atoms with E-state index < -0.39 is 0 Å². The molecule has 1 aliphatic heterocycles. The third kappa shape index (κ3) is 4.27. The van der Waals surface area contributed by atoms with Crippen molar-refractivity contribution in [2.75, 3.05) is 11.9 Å². The maximum Gasteiger partial charge on any atom is 0.224 e. The first-order valence-electron chi connectivity index (χ1n) is 6.27. The Hall–Kier alpha value is -1.13. The highest BCUT2D eigenvalue weighted by Gasteiger charge is 2.15. The van der Waals surface area contributed by atoms with Crippen LogP contribution in [-0.2, 0) is 9.53 Å². The van der Waals surface area contributed by atoms with Crippen molar-refractivity contribution in [2.24, 2.45) is 0 Å². The summed E-state index contributed by atoms with van der Waals surface area (Å²) in [6.07, 6.45) is 6.47. The monoisotopic (exact) mass is 268 g/mol. The smallest absolute Gasteiger partial charge is 0.224 e. The van der Waals surface area contributed by atoms with Crippen molar-refractivity contribution in [1.82, 2.24) is 4.98 Å². The van der Waals surface area contributed by atoms with Gasteiger partial charge in [0, 0.05) is 13.0 Å². The Bertz CT molecular complexity index is 388. The van der Waals surface area contributed by atoms with E-state index in [-0.39, 0.29) is 12.0 Å². The van der Waals surface area contributed by atoms with E-state index in [0.717, 1.165) is 25.9 Å². The van der Waals surface area contributed by atoms with Gasteiger partial charge in [0.25, 0.3) is 0 Å². The van der Waals surface area contributed by atoms with Crippen molar-refractivity contribution in [1.29, 1.82) is 0 Å². The highest BCUT2D eigenvalue weighted by Crippen LogP contribution is 2.17. The largest absolute Gasteiger partial charge is 0.378 e. The molecule has 0 aliphatic carbocycles. The van der Waals surface area contributed by atoms with Crippen molar-refractivity contribution >= 4 is 23.2 Å².